The molecule has 0 aliphatic heterocycles. The summed E-state index contributed by atoms with van der Waals surface area (Å²) in [7, 11) is 0. The first-order valence-electron chi connectivity index (χ1n) is 11.0. The number of nitrogen functional groups attached to an aromatic ring is 1. The highest BCUT2D eigenvalue weighted by Crippen LogP contribution is 2.24. The summed E-state index contributed by atoms with van der Waals surface area (Å²) in [6.45, 7) is 3.86. The number of nitrogens with two attached hydrogens (primary N) is 1. The average Bonchev–Trinajstić information content (AvgIpc) is 3.19. The topological polar surface area (TPSA) is 120 Å². The molecule has 0 bridgehead atoms. The van der Waals surface area contributed by atoms with E-state index in [1.54, 1.807) is 4.57 Å². The van der Waals surface area contributed by atoms with Crippen molar-refractivity contribution in [3.05, 3.63) is 94.4 Å². The summed E-state index contributed by atoms with van der Waals surface area (Å²) >= 11 is 0. The van der Waals surface area contributed by atoms with Crippen LogP contribution in [0.15, 0.2) is 72.0 Å². The van der Waals surface area contributed by atoms with Crippen molar-refractivity contribution in [1.29, 1.82) is 0 Å². The van der Waals surface area contributed by atoms with Gasteiger partial charge in [0.05, 0.1) is 11.4 Å². The van der Waals surface area contributed by atoms with Crippen LogP contribution in [0.5, 0.6) is 0 Å². The van der Waals surface area contributed by atoms with Gasteiger partial charge in [-0.2, -0.15) is 0 Å². The van der Waals surface area contributed by atoms with Crippen LogP contribution in [0.2, 0.25) is 0 Å². The number of carbonyl (C=O) groups excluding carboxylic acids is 1. The Morgan fingerprint density at radius 2 is 1.94 bits per heavy atom. The van der Waals surface area contributed by atoms with Gasteiger partial charge in [-0.15, -0.1) is 5.10 Å². The third-order valence-corrected chi connectivity index (χ3v) is 5.91. The van der Waals surface area contributed by atoms with E-state index >= 15 is 0 Å². The maximum atomic E-state index is 13.8. The summed E-state index contributed by atoms with van der Waals surface area (Å²) in [6.07, 6.45) is 3.50. The van der Waals surface area contributed by atoms with Crippen LogP contribution in [0.4, 0.5) is 5.82 Å². The number of benzene rings is 2. The number of nitrogens with one attached hydrogen (secondary N) is 1. The van der Waals surface area contributed by atoms with E-state index in [0.717, 1.165) is 23.1 Å². The first-order chi connectivity index (χ1) is 16.5. The lowest BCUT2D eigenvalue weighted by Gasteiger charge is -2.21. The minimum absolute atomic E-state index is 0.0525. The molecule has 0 radical (unpaired) electrons. The second-order valence-corrected chi connectivity index (χ2v) is 8.01. The fourth-order valence-corrected chi connectivity index (χ4v) is 4.30. The van der Waals surface area contributed by atoms with Crippen LogP contribution in [-0.4, -0.2) is 30.1 Å². The predicted octanol–water partition coefficient (Wildman–Crippen LogP) is 3.06. The lowest BCUT2D eigenvalue weighted by Crippen LogP contribution is -2.32. The van der Waals surface area contributed by atoms with Crippen LogP contribution in [0, 0.1) is 0 Å². The van der Waals surface area contributed by atoms with Crippen molar-refractivity contribution in [3.8, 4) is 5.69 Å². The Labute approximate surface area is 194 Å². The number of para-hydroxylation sites is 1. The van der Waals surface area contributed by atoms with Crippen LogP contribution in [0.25, 0.3) is 22.1 Å². The molecule has 1 amide bonds. The zero-order valence-electron chi connectivity index (χ0n) is 18.8. The maximum absolute atomic E-state index is 13.8. The number of amides is 1. The monoisotopic (exact) mass is 453 g/mol. The number of anilines is 1. The summed E-state index contributed by atoms with van der Waals surface area (Å²) in [6, 6.07) is 16.7. The van der Waals surface area contributed by atoms with E-state index in [1.165, 1.54) is 17.2 Å². The highest BCUT2D eigenvalue weighted by atomic mass is 16.2. The molecule has 0 saturated heterocycles. The third-order valence-electron chi connectivity index (χ3n) is 5.91. The lowest BCUT2D eigenvalue weighted by molar-refractivity contribution is 0.0941. The number of hydrogen-bond acceptors (Lipinski definition) is 6. The van der Waals surface area contributed by atoms with E-state index < -0.39 is 11.9 Å². The van der Waals surface area contributed by atoms with E-state index in [-0.39, 0.29) is 16.9 Å². The Kier molecular flexibility index (Phi) is 5.29. The molecule has 9 nitrogen and oxygen atoms in total. The van der Waals surface area contributed by atoms with Gasteiger partial charge in [0, 0.05) is 11.4 Å². The number of aromatic nitrogens is 5. The van der Waals surface area contributed by atoms with E-state index in [1.807, 2.05) is 68.4 Å². The number of hydrogen-bond donors (Lipinski definition) is 2. The smallest absolute Gasteiger partial charge is 0.263 e. The molecule has 9 heteroatoms. The Bertz CT molecular complexity index is 1590. The summed E-state index contributed by atoms with van der Waals surface area (Å²) in [5.41, 5.74) is 8.70. The molecule has 0 unspecified atom stereocenters. The average molecular weight is 454 g/mol. The van der Waals surface area contributed by atoms with Gasteiger partial charge in [-0.25, -0.2) is 14.5 Å². The highest BCUT2D eigenvalue weighted by Gasteiger charge is 2.24. The number of aryl methyl sites for hydroxylation is 1. The second kappa shape index (κ2) is 8.43. The van der Waals surface area contributed by atoms with Gasteiger partial charge in [-0.3, -0.25) is 14.2 Å². The summed E-state index contributed by atoms with van der Waals surface area (Å²) in [5, 5.41) is 8.59. The molecule has 5 aromatic rings. The van der Waals surface area contributed by atoms with Crippen molar-refractivity contribution in [2.75, 3.05) is 5.73 Å². The van der Waals surface area contributed by atoms with Crippen molar-refractivity contribution in [1.82, 2.24) is 29.5 Å². The molecule has 0 saturated carbocycles. The molecule has 0 aliphatic carbocycles. The molecule has 0 spiro atoms. The largest absolute Gasteiger partial charge is 0.381 e. The van der Waals surface area contributed by atoms with Gasteiger partial charge < -0.3 is 11.1 Å². The Balaban J connectivity index is 1.64. The van der Waals surface area contributed by atoms with Gasteiger partial charge in [0.15, 0.2) is 11.5 Å². The molecule has 0 aliphatic rings. The highest BCUT2D eigenvalue weighted by molar-refractivity contribution is 6.04. The van der Waals surface area contributed by atoms with Crippen molar-refractivity contribution in [2.24, 2.45) is 0 Å². The van der Waals surface area contributed by atoms with Gasteiger partial charge in [-0.1, -0.05) is 43.3 Å². The molecule has 34 heavy (non-hydrogen) atoms. The summed E-state index contributed by atoms with van der Waals surface area (Å²) in [4.78, 5) is 35.0. The zero-order chi connectivity index (χ0) is 23.8. The zero-order valence-corrected chi connectivity index (χ0v) is 18.8. The van der Waals surface area contributed by atoms with Crippen LogP contribution in [-0.2, 0) is 6.42 Å². The normalized spacial score (nSPS) is 12.2. The van der Waals surface area contributed by atoms with Crippen LogP contribution in [0.3, 0.4) is 0 Å². The number of pyridine rings is 1. The van der Waals surface area contributed by atoms with Crippen molar-refractivity contribution < 1.29 is 4.79 Å². The van der Waals surface area contributed by atoms with E-state index in [0.29, 0.717) is 16.7 Å². The molecule has 170 valence electrons. The Morgan fingerprint density at radius 1 is 1.15 bits per heavy atom. The molecule has 1 atom stereocenters. The molecule has 0 fully saturated rings. The van der Waals surface area contributed by atoms with Gasteiger partial charge in [0.25, 0.3) is 11.5 Å². The summed E-state index contributed by atoms with van der Waals surface area (Å²) < 4.78 is 3.02. The van der Waals surface area contributed by atoms with Gasteiger partial charge in [-0.05, 0) is 42.5 Å². The molecular formula is C25H23N7O2. The minimum Gasteiger partial charge on any atom is -0.381 e. The molecule has 5 rings (SSSR count). The maximum Gasteiger partial charge on any atom is 0.263 e. The number of fused-ring (bicyclic) bond motifs is 2. The lowest BCUT2D eigenvalue weighted by atomic mass is 10.0. The van der Waals surface area contributed by atoms with Crippen molar-refractivity contribution in [2.45, 2.75) is 26.3 Å². The summed E-state index contributed by atoms with van der Waals surface area (Å²) in [5.74, 6) is -0.384. The standard InChI is InChI=1S/C25H23N7O2/c1-3-16-8-7-9-17-12-19(32(25(34)20(16)17)18-10-5-4-6-11-18)15(2)29-24(33)21-22(26)30-31-14-27-13-28-23(21)31/h4-15H,3H2,1-2H3,(H2,26,30)(H,29,33)/t15-/m0/s1. The minimum atomic E-state index is -0.522. The fraction of sp³-hybridized carbons (Fsp3) is 0.160. The number of carbonyl (C=O) groups is 1. The third kappa shape index (κ3) is 3.47. The van der Waals surface area contributed by atoms with E-state index in [4.69, 9.17) is 5.73 Å². The van der Waals surface area contributed by atoms with Crippen LogP contribution in [0.1, 0.15) is 41.5 Å². The molecular weight excluding hydrogens is 430 g/mol. The number of rotatable bonds is 5. The van der Waals surface area contributed by atoms with Crippen molar-refractivity contribution in [3.63, 3.8) is 0 Å². The Morgan fingerprint density at radius 3 is 2.71 bits per heavy atom. The van der Waals surface area contributed by atoms with Gasteiger partial charge in [0.1, 0.15) is 18.2 Å². The van der Waals surface area contributed by atoms with Gasteiger partial charge >= 0.3 is 0 Å². The van der Waals surface area contributed by atoms with E-state index in [9.17, 15) is 9.59 Å². The molecule has 3 heterocycles. The predicted molar refractivity (Wildman–Crippen MR) is 130 cm³/mol. The quantitative estimate of drug-likeness (QED) is 0.422. The second-order valence-electron chi connectivity index (χ2n) is 8.01. The first kappa shape index (κ1) is 21.3. The number of nitrogens with zero attached hydrogens (tertiary/aromatic N) is 5. The Hall–Kier alpha value is -4.53. The van der Waals surface area contributed by atoms with Gasteiger partial charge in [0.2, 0.25) is 0 Å². The van der Waals surface area contributed by atoms with Crippen LogP contribution >= 0.6 is 0 Å². The molecule has 3 aromatic heterocycles. The SMILES string of the molecule is CCc1cccc2cc([C@H](C)NC(=O)c3c(N)nn4cncnc34)n(-c3ccccc3)c(=O)c12. The van der Waals surface area contributed by atoms with E-state index in [2.05, 4.69) is 20.4 Å². The fourth-order valence-electron chi connectivity index (χ4n) is 4.30. The molecule has 2 aromatic carbocycles. The first-order valence-corrected chi connectivity index (χ1v) is 11.0. The van der Waals surface area contributed by atoms with Crippen LogP contribution < -0.4 is 16.6 Å². The molecule has 3 N–H and O–H groups in total. The van der Waals surface area contributed by atoms with Crippen molar-refractivity contribution >= 4 is 28.1 Å².